The van der Waals surface area contributed by atoms with E-state index in [2.05, 4.69) is 20.8 Å². The third-order valence-corrected chi connectivity index (χ3v) is 2.51. The van der Waals surface area contributed by atoms with Crippen molar-refractivity contribution < 1.29 is 4.79 Å². The molecular formula is C11H21NO. The first-order valence-electron chi connectivity index (χ1n) is 5.19. The van der Waals surface area contributed by atoms with Crippen LogP contribution in [0.3, 0.4) is 0 Å². The summed E-state index contributed by atoms with van der Waals surface area (Å²) in [6.45, 7) is 10.7. The molecular weight excluding hydrogens is 162 g/mol. The Kier molecular flexibility index (Phi) is 2.99. The van der Waals surface area contributed by atoms with E-state index in [9.17, 15) is 4.79 Å². The molecule has 1 aliphatic heterocycles. The molecule has 1 unspecified atom stereocenters. The van der Waals surface area contributed by atoms with Gasteiger partial charge in [0, 0.05) is 19.0 Å². The van der Waals surface area contributed by atoms with E-state index in [0.717, 1.165) is 25.9 Å². The van der Waals surface area contributed by atoms with E-state index >= 15 is 0 Å². The van der Waals surface area contributed by atoms with Crippen molar-refractivity contribution in [2.75, 3.05) is 13.1 Å². The number of carbonyl (C=O) groups excluding carboxylic acids is 1. The van der Waals surface area contributed by atoms with Gasteiger partial charge in [-0.15, -0.1) is 0 Å². The van der Waals surface area contributed by atoms with Gasteiger partial charge in [0.25, 0.3) is 0 Å². The fraction of sp³-hybridized carbons (Fsp3) is 0.909. The lowest BCUT2D eigenvalue weighted by Gasteiger charge is -2.20. The minimum atomic E-state index is 0.224. The molecule has 1 amide bonds. The Balaban J connectivity index is 2.24. The molecule has 13 heavy (non-hydrogen) atoms. The first kappa shape index (κ1) is 10.6. The second-order valence-corrected chi connectivity index (χ2v) is 5.33. The topological polar surface area (TPSA) is 20.1 Å². The molecule has 1 atom stereocenters. The average Bonchev–Trinajstić information content (AvgIpc) is 2.79. The number of hydrogen-bond acceptors (Lipinski definition) is 1. The number of amides is 1. The van der Waals surface area contributed by atoms with Crippen LogP contribution in [0.25, 0.3) is 0 Å². The second kappa shape index (κ2) is 3.69. The smallest absolute Gasteiger partial charge is 0.225 e. The molecule has 0 bridgehead atoms. The van der Waals surface area contributed by atoms with E-state index < -0.39 is 0 Å². The Labute approximate surface area is 81.3 Å². The molecule has 0 aliphatic carbocycles. The number of nitrogens with zero attached hydrogens (tertiary/aromatic N) is 1. The minimum absolute atomic E-state index is 0.224. The van der Waals surface area contributed by atoms with Crippen LogP contribution in [-0.2, 0) is 4.79 Å². The highest BCUT2D eigenvalue weighted by molar-refractivity contribution is 5.80. The largest absolute Gasteiger partial charge is 0.339 e. The van der Waals surface area contributed by atoms with Crippen LogP contribution in [-0.4, -0.2) is 23.9 Å². The van der Waals surface area contributed by atoms with Crippen molar-refractivity contribution in [1.29, 1.82) is 0 Å². The van der Waals surface area contributed by atoms with Gasteiger partial charge in [0.05, 0.1) is 0 Å². The van der Waals surface area contributed by atoms with Crippen molar-refractivity contribution >= 4 is 5.91 Å². The second-order valence-electron chi connectivity index (χ2n) is 5.33. The summed E-state index contributed by atoms with van der Waals surface area (Å²) in [5.41, 5.74) is 0.355. The first-order chi connectivity index (χ1) is 5.90. The molecule has 0 saturated carbocycles. The average molecular weight is 183 g/mol. The maximum absolute atomic E-state index is 11.5. The molecule has 76 valence electrons. The van der Waals surface area contributed by atoms with Crippen LogP contribution in [0.2, 0.25) is 0 Å². The summed E-state index contributed by atoms with van der Waals surface area (Å²) in [6, 6.07) is 0. The van der Waals surface area contributed by atoms with Gasteiger partial charge < -0.3 is 4.90 Å². The van der Waals surface area contributed by atoms with Crippen molar-refractivity contribution in [3.05, 3.63) is 0 Å². The van der Waals surface area contributed by atoms with E-state index in [4.69, 9.17) is 0 Å². The zero-order valence-electron chi connectivity index (χ0n) is 9.26. The van der Waals surface area contributed by atoms with Gasteiger partial charge in [-0.1, -0.05) is 27.7 Å². The van der Waals surface area contributed by atoms with Crippen molar-refractivity contribution in [3.63, 3.8) is 0 Å². The molecule has 0 aromatic carbocycles. The molecule has 1 fully saturated rings. The van der Waals surface area contributed by atoms with Gasteiger partial charge in [-0.05, 0) is 18.3 Å². The lowest BCUT2D eigenvalue weighted by Crippen LogP contribution is -2.21. The zero-order valence-corrected chi connectivity index (χ0v) is 9.26. The van der Waals surface area contributed by atoms with Crippen LogP contribution < -0.4 is 0 Å². The molecule has 0 radical (unpaired) electrons. The SMILES string of the molecule is CC(CCC(C)(C)C)C(=O)N1CC1. The summed E-state index contributed by atoms with van der Waals surface area (Å²) in [4.78, 5) is 13.5. The predicted octanol–water partition coefficient (Wildman–Crippen LogP) is 2.29. The van der Waals surface area contributed by atoms with Crippen molar-refractivity contribution in [2.24, 2.45) is 11.3 Å². The van der Waals surface area contributed by atoms with Crippen molar-refractivity contribution in [3.8, 4) is 0 Å². The molecule has 0 N–H and O–H groups in total. The van der Waals surface area contributed by atoms with Crippen LogP contribution >= 0.6 is 0 Å². The molecule has 1 rings (SSSR count). The summed E-state index contributed by atoms with van der Waals surface area (Å²) in [5, 5.41) is 0. The molecule has 1 aliphatic rings. The van der Waals surface area contributed by atoms with E-state index in [0.29, 0.717) is 11.3 Å². The Morgan fingerprint density at radius 1 is 1.38 bits per heavy atom. The van der Waals surface area contributed by atoms with Crippen LogP contribution in [0.5, 0.6) is 0 Å². The maximum atomic E-state index is 11.5. The van der Waals surface area contributed by atoms with Gasteiger partial charge >= 0.3 is 0 Å². The monoisotopic (exact) mass is 183 g/mol. The number of carbonyl (C=O) groups is 1. The van der Waals surface area contributed by atoms with Gasteiger partial charge in [0.2, 0.25) is 5.91 Å². The van der Waals surface area contributed by atoms with Crippen LogP contribution in [0, 0.1) is 11.3 Å². The molecule has 0 aromatic rings. The molecule has 1 saturated heterocycles. The quantitative estimate of drug-likeness (QED) is 0.615. The van der Waals surface area contributed by atoms with Gasteiger partial charge in [-0.25, -0.2) is 0 Å². The van der Waals surface area contributed by atoms with Crippen LogP contribution in [0.15, 0.2) is 0 Å². The molecule has 2 heteroatoms. The number of hydrogen-bond donors (Lipinski definition) is 0. The Morgan fingerprint density at radius 2 is 1.92 bits per heavy atom. The number of rotatable bonds is 3. The Bertz CT molecular complexity index is 189. The maximum Gasteiger partial charge on any atom is 0.225 e. The van der Waals surface area contributed by atoms with Gasteiger partial charge in [0.1, 0.15) is 0 Å². The minimum Gasteiger partial charge on any atom is -0.339 e. The first-order valence-corrected chi connectivity index (χ1v) is 5.19. The highest BCUT2D eigenvalue weighted by Gasteiger charge is 2.28. The highest BCUT2D eigenvalue weighted by atomic mass is 16.2. The van der Waals surface area contributed by atoms with Gasteiger partial charge in [0.15, 0.2) is 0 Å². The lowest BCUT2D eigenvalue weighted by molar-refractivity contribution is -0.129. The zero-order chi connectivity index (χ0) is 10.1. The summed E-state index contributed by atoms with van der Waals surface area (Å²) in [5.74, 6) is 0.575. The third-order valence-electron chi connectivity index (χ3n) is 2.51. The van der Waals surface area contributed by atoms with Crippen molar-refractivity contribution in [1.82, 2.24) is 4.90 Å². The van der Waals surface area contributed by atoms with E-state index in [1.165, 1.54) is 0 Å². The normalized spacial score (nSPS) is 18.6. The summed E-state index contributed by atoms with van der Waals surface area (Å²) < 4.78 is 0. The van der Waals surface area contributed by atoms with Gasteiger partial charge in [-0.3, -0.25) is 4.79 Å². The standard InChI is InChI=1S/C11H21NO/c1-9(5-6-11(2,3)4)10(13)12-7-8-12/h9H,5-8H2,1-4H3. The fourth-order valence-electron chi connectivity index (χ4n) is 1.36. The fourth-order valence-corrected chi connectivity index (χ4v) is 1.36. The summed E-state index contributed by atoms with van der Waals surface area (Å²) in [6.07, 6.45) is 2.16. The Hall–Kier alpha value is -0.530. The molecule has 0 aromatic heterocycles. The van der Waals surface area contributed by atoms with Crippen LogP contribution in [0.4, 0.5) is 0 Å². The summed E-state index contributed by atoms with van der Waals surface area (Å²) in [7, 11) is 0. The van der Waals surface area contributed by atoms with E-state index in [-0.39, 0.29) is 5.92 Å². The Morgan fingerprint density at radius 3 is 2.31 bits per heavy atom. The molecule has 0 spiro atoms. The highest BCUT2D eigenvalue weighted by Crippen LogP contribution is 2.25. The molecule has 1 heterocycles. The van der Waals surface area contributed by atoms with Gasteiger partial charge in [-0.2, -0.15) is 0 Å². The third kappa shape index (κ3) is 3.79. The van der Waals surface area contributed by atoms with E-state index in [1.807, 2.05) is 11.8 Å². The molecule has 2 nitrogen and oxygen atoms in total. The lowest BCUT2D eigenvalue weighted by atomic mass is 9.87. The van der Waals surface area contributed by atoms with E-state index in [1.54, 1.807) is 0 Å². The predicted molar refractivity (Wildman–Crippen MR) is 54.4 cm³/mol. The van der Waals surface area contributed by atoms with Crippen molar-refractivity contribution in [2.45, 2.75) is 40.5 Å². The summed E-state index contributed by atoms with van der Waals surface area (Å²) >= 11 is 0. The van der Waals surface area contributed by atoms with Crippen LogP contribution in [0.1, 0.15) is 40.5 Å².